The summed E-state index contributed by atoms with van der Waals surface area (Å²) in [6, 6.07) is 8.24. The van der Waals surface area contributed by atoms with Crippen LogP contribution in [0.15, 0.2) is 24.3 Å². The number of rotatable bonds is 1. The molecule has 0 spiro atoms. The van der Waals surface area contributed by atoms with Crippen LogP contribution in [0.2, 0.25) is 0 Å². The van der Waals surface area contributed by atoms with Gasteiger partial charge in [-0.05, 0) is 32.9 Å². The Morgan fingerprint density at radius 3 is 2.79 bits per heavy atom. The molecule has 2 rings (SSSR count). The van der Waals surface area contributed by atoms with Crippen molar-refractivity contribution < 1.29 is 4.74 Å². The third-order valence-corrected chi connectivity index (χ3v) is 2.78. The standard InChI is InChI=1S/C12H17NO/c1-4-13-10-7-5-6-8-11(10)14-9-12(13,2)3/h5-8H,4,9H2,1-3H3. The van der Waals surface area contributed by atoms with Gasteiger partial charge in [-0.25, -0.2) is 0 Å². The molecule has 1 aliphatic heterocycles. The number of anilines is 1. The second-order valence-electron chi connectivity index (χ2n) is 4.31. The molecule has 1 aromatic carbocycles. The first-order valence-corrected chi connectivity index (χ1v) is 5.14. The molecule has 14 heavy (non-hydrogen) atoms. The number of hydrogen-bond acceptors (Lipinski definition) is 2. The maximum absolute atomic E-state index is 5.73. The van der Waals surface area contributed by atoms with Crippen molar-refractivity contribution in [1.29, 1.82) is 0 Å². The first-order chi connectivity index (χ1) is 6.65. The Morgan fingerprint density at radius 1 is 1.36 bits per heavy atom. The Hall–Kier alpha value is -1.18. The molecule has 0 unspecified atom stereocenters. The zero-order chi connectivity index (χ0) is 10.2. The van der Waals surface area contributed by atoms with Crippen molar-refractivity contribution in [3.8, 4) is 5.75 Å². The van der Waals surface area contributed by atoms with E-state index in [-0.39, 0.29) is 5.54 Å². The van der Waals surface area contributed by atoms with Crippen molar-refractivity contribution in [3.05, 3.63) is 24.3 Å². The fourth-order valence-corrected chi connectivity index (χ4v) is 2.06. The molecule has 76 valence electrons. The van der Waals surface area contributed by atoms with E-state index in [1.54, 1.807) is 0 Å². The summed E-state index contributed by atoms with van der Waals surface area (Å²) in [6.45, 7) is 8.40. The summed E-state index contributed by atoms with van der Waals surface area (Å²) < 4.78 is 5.73. The molecule has 0 bridgehead atoms. The van der Waals surface area contributed by atoms with Crippen molar-refractivity contribution in [2.45, 2.75) is 26.3 Å². The highest BCUT2D eigenvalue weighted by molar-refractivity contribution is 5.61. The maximum Gasteiger partial charge on any atom is 0.142 e. The van der Waals surface area contributed by atoms with Crippen LogP contribution >= 0.6 is 0 Å². The highest BCUT2D eigenvalue weighted by atomic mass is 16.5. The molecular formula is C12H17NO. The minimum absolute atomic E-state index is 0.100. The molecule has 0 fully saturated rings. The van der Waals surface area contributed by atoms with Crippen LogP contribution in [0.4, 0.5) is 5.69 Å². The number of nitrogens with zero attached hydrogens (tertiary/aromatic N) is 1. The average Bonchev–Trinajstić information content (AvgIpc) is 2.17. The van der Waals surface area contributed by atoms with E-state index in [0.717, 1.165) is 18.9 Å². The summed E-state index contributed by atoms with van der Waals surface area (Å²) >= 11 is 0. The SMILES string of the molecule is CCN1c2ccccc2OCC1(C)C. The van der Waals surface area contributed by atoms with Gasteiger partial charge in [0.2, 0.25) is 0 Å². The molecule has 0 N–H and O–H groups in total. The van der Waals surface area contributed by atoms with Gasteiger partial charge in [-0.1, -0.05) is 12.1 Å². The zero-order valence-corrected chi connectivity index (χ0v) is 9.08. The van der Waals surface area contributed by atoms with Gasteiger partial charge in [-0.15, -0.1) is 0 Å². The molecule has 2 heteroatoms. The largest absolute Gasteiger partial charge is 0.489 e. The lowest BCUT2D eigenvalue weighted by Gasteiger charge is -2.44. The summed E-state index contributed by atoms with van der Waals surface area (Å²) in [5, 5.41) is 0. The van der Waals surface area contributed by atoms with Gasteiger partial charge in [0.25, 0.3) is 0 Å². The molecule has 0 saturated heterocycles. The Balaban J connectivity index is 2.45. The van der Waals surface area contributed by atoms with Crippen LogP contribution in [0.3, 0.4) is 0 Å². The number of benzene rings is 1. The minimum Gasteiger partial charge on any atom is -0.489 e. The highest BCUT2D eigenvalue weighted by Crippen LogP contribution is 2.37. The smallest absolute Gasteiger partial charge is 0.142 e. The number of fused-ring (bicyclic) bond motifs is 1. The lowest BCUT2D eigenvalue weighted by atomic mass is 10.0. The van der Waals surface area contributed by atoms with Crippen LogP contribution in [-0.2, 0) is 0 Å². The normalized spacial score (nSPS) is 18.6. The lowest BCUT2D eigenvalue weighted by Crippen LogP contribution is -2.51. The molecule has 0 amide bonds. The number of likely N-dealkylation sites (N-methyl/N-ethyl adjacent to an activating group) is 1. The van der Waals surface area contributed by atoms with Crippen LogP contribution in [0, 0.1) is 0 Å². The van der Waals surface area contributed by atoms with Crippen molar-refractivity contribution in [2.75, 3.05) is 18.1 Å². The molecule has 1 aliphatic rings. The van der Waals surface area contributed by atoms with E-state index in [1.807, 2.05) is 12.1 Å². The number of para-hydroxylation sites is 2. The van der Waals surface area contributed by atoms with Crippen LogP contribution in [0.25, 0.3) is 0 Å². The monoisotopic (exact) mass is 191 g/mol. The summed E-state index contributed by atoms with van der Waals surface area (Å²) in [6.07, 6.45) is 0. The summed E-state index contributed by atoms with van der Waals surface area (Å²) in [7, 11) is 0. The first kappa shape index (κ1) is 9.38. The summed E-state index contributed by atoms with van der Waals surface area (Å²) in [5.74, 6) is 1.01. The molecule has 0 aliphatic carbocycles. The first-order valence-electron chi connectivity index (χ1n) is 5.14. The van der Waals surface area contributed by atoms with Gasteiger partial charge in [-0.3, -0.25) is 0 Å². The van der Waals surface area contributed by atoms with Gasteiger partial charge < -0.3 is 9.64 Å². The van der Waals surface area contributed by atoms with Crippen LogP contribution < -0.4 is 9.64 Å². The highest BCUT2D eigenvalue weighted by Gasteiger charge is 2.32. The maximum atomic E-state index is 5.73. The minimum atomic E-state index is 0.100. The molecule has 1 heterocycles. The lowest BCUT2D eigenvalue weighted by molar-refractivity contribution is 0.213. The quantitative estimate of drug-likeness (QED) is 0.676. The van der Waals surface area contributed by atoms with Crippen LogP contribution in [-0.4, -0.2) is 18.7 Å². The number of hydrogen-bond donors (Lipinski definition) is 0. The molecule has 0 radical (unpaired) electrons. The van der Waals surface area contributed by atoms with E-state index in [0.29, 0.717) is 0 Å². The molecule has 1 aromatic rings. The van der Waals surface area contributed by atoms with Gasteiger partial charge in [0.05, 0.1) is 11.2 Å². The van der Waals surface area contributed by atoms with E-state index >= 15 is 0 Å². The third kappa shape index (κ3) is 1.35. The molecule has 0 aromatic heterocycles. The zero-order valence-electron chi connectivity index (χ0n) is 9.08. The average molecular weight is 191 g/mol. The van der Waals surface area contributed by atoms with Gasteiger partial charge >= 0.3 is 0 Å². The van der Waals surface area contributed by atoms with E-state index in [1.165, 1.54) is 5.69 Å². The summed E-state index contributed by atoms with van der Waals surface area (Å²) in [4.78, 5) is 2.39. The molecule has 0 atom stereocenters. The molecule has 0 saturated carbocycles. The van der Waals surface area contributed by atoms with Gasteiger partial charge in [-0.2, -0.15) is 0 Å². The van der Waals surface area contributed by atoms with Crippen molar-refractivity contribution in [2.24, 2.45) is 0 Å². The Morgan fingerprint density at radius 2 is 2.07 bits per heavy atom. The predicted molar refractivity (Wildman–Crippen MR) is 59.0 cm³/mol. The second kappa shape index (κ2) is 3.19. The predicted octanol–water partition coefficient (Wildman–Crippen LogP) is 2.68. The van der Waals surface area contributed by atoms with Gasteiger partial charge in [0, 0.05) is 6.54 Å². The Kier molecular flexibility index (Phi) is 2.14. The second-order valence-corrected chi connectivity index (χ2v) is 4.31. The van der Waals surface area contributed by atoms with Crippen molar-refractivity contribution in [3.63, 3.8) is 0 Å². The van der Waals surface area contributed by atoms with E-state index in [4.69, 9.17) is 4.74 Å². The Bertz CT molecular complexity index is 333. The fraction of sp³-hybridized carbons (Fsp3) is 0.500. The van der Waals surface area contributed by atoms with Gasteiger partial charge in [0.15, 0.2) is 0 Å². The Labute approximate surface area is 85.5 Å². The van der Waals surface area contributed by atoms with E-state index in [9.17, 15) is 0 Å². The topological polar surface area (TPSA) is 12.5 Å². The molecule has 2 nitrogen and oxygen atoms in total. The van der Waals surface area contributed by atoms with Crippen molar-refractivity contribution >= 4 is 5.69 Å². The summed E-state index contributed by atoms with van der Waals surface area (Å²) in [5.41, 5.74) is 1.31. The van der Waals surface area contributed by atoms with Crippen molar-refractivity contribution in [1.82, 2.24) is 0 Å². The third-order valence-electron chi connectivity index (χ3n) is 2.78. The molecular weight excluding hydrogens is 174 g/mol. The fourth-order valence-electron chi connectivity index (χ4n) is 2.06. The van der Waals surface area contributed by atoms with Crippen LogP contribution in [0.5, 0.6) is 5.75 Å². The van der Waals surface area contributed by atoms with E-state index < -0.39 is 0 Å². The van der Waals surface area contributed by atoms with E-state index in [2.05, 4.69) is 37.8 Å². The number of ether oxygens (including phenoxy) is 1. The van der Waals surface area contributed by atoms with Crippen LogP contribution in [0.1, 0.15) is 20.8 Å². The van der Waals surface area contributed by atoms with Gasteiger partial charge in [0.1, 0.15) is 12.4 Å².